The lowest BCUT2D eigenvalue weighted by atomic mass is 10.2. The number of thiazole rings is 1. The molecule has 0 aliphatic heterocycles. The van der Waals surface area contributed by atoms with Gasteiger partial charge in [0.2, 0.25) is 5.13 Å². The normalized spacial score (nSPS) is 10.9. The van der Waals surface area contributed by atoms with Crippen molar-refractivity contribution in [3.63, 3.8) is 0 Å². The van der Waals surface area contributed by atoms with E-state index < -0.39 is 5.91 Å². The smallest absolute Gasteiger partial charge is 0.305 e. The molecule has 0 spiro atoms. The molecule has 2 aromatic carbocycles. The van der Waals surface area contributed by atoms with Crippen LogP contribution in [0.3, 0.4) is 0 Å². The summed E-state index contributed by atoms with van der Waals surface area (Å²) in [7, 11) is 0. The van der Waals surface area contributed by atoms with Crippen molar-refractivity contribution < 1.29 is 9.21 Å². The number of hydrazine groups is 1. The van der Waals surface area contributed by atoms with Gasteiger partial charge in [-0.1, -0.05) is 29.5 Å². The van der Waals surface area contributed by atoms with Crippen molar-refractivity contribution in [2.75, 3.05) is 5.43 Å². The fourth-order valence-electron chi connectivity index (χ4n) is 2.47. The van der Waals surface area contributed by atoms with E-state index >= 15 is 0 Å². The molecule has 1 amide bonds. The minimum Gasteiger partial charge on any atom is -0.451 e. The summed E-state index contributed by atoms with van der Waals surface area (Å²) in [4.78, 5) is 28.7. The molecule has 2 aromatic heterocycles. The molecule has 2 N–H and O–H groups in total. The summed E-state index contributed by atoms with van der Waals surface area (Å²) in [6.07, 6.45) is 0. The average molecular weight is 351 g/mol. The zero-order chi connectivity index (χ0) is 17.4. The van der Waals surface area contributed by atoms with Gasteiger partial charge in [0.1, 0.15) is 5.58 Å². The van der Waals surface area contributed by atoms with Gasteiger partial charge in [0.05, 0.1) is 15.6 Å². The molecule has 0 saturated carbocycles. The van der Waals surface area contributed by atoms with Crippen LogP contribution < -0.4 is 16.3 Å². The van der Waals surface area contributed by atoms with E-state index in [4.69, 9.17) is 4.42 Å². The number of hydrogen-bond acceptors (Lipinski definition) is 6. The third-order valence-electron chi connectivity index (χ3n) is 3.69. The number of rotatable bonds is 3. The summed E-state index contributed by atoms with van der Waals surface area (Å²) >= 11 is 1.43. The molecule has 7 heteroatoms. The Bertz CT molecular complexity index is 1160. The maximum absolute atomic E-state index is 12.3. The van der Waals surface area contributed by atoms with E-state index in [0.29, 0.717) is 16.1 Å². The van der Waals surface area contributed by atoms with Gasteiger partial charge in [0.15, 0.2) is 11.2 Å². The maximum atomic E-state index is 12.3. The van der Waals surface area contributed by atoms with Crippen molar-refractivity contribution in [2.45, 2.75) is 6.92 Å². The highest BCUT2D eigenvalue weighted by atomic mass is 32.1. The van der Waals surface area contributed by atoms with E-state index in [2.05, 4.69) is 15.8 Å². The number of aromatic nitrogens is 1. The maximum Gasteiger partial charge on any atom is 0.305 e. The number of fused-ring (bicyclic) bond motifs is 2. The molecule has 4 rings (SSSR count). The Kier molecular flexibility index (Phi) is 3.70. The molecule has 0 saturated heterocycles. The van der Waals surface area contributed by atoms with Crippen molar-refractivity contribution in [1.29, 1.82) is 0 Å². The molecular formula is C18H13N3O3S. The van der Waals surface area contributed by atoms with Crippen LogP contribution in [0.4, 0.5) is 5.13 Å². The fraction of sp³-hybridized carbons (Fsp3) is 0.0556. The van der Waals surface area contributed by atoms with Gasteiger partial charge in [0, 0.05) is 6.07 Å². The van der Waals surface area contributed by atoms with Crippen LogP contribution in [-0.4, -0.2) is 10.9 Å². The quantitative estimate of drug-likeness (QED) is 0.552. The van der Waals surface area contributed by atoms with Crippen LogP contribution in [0.25, 0.3) is 21.2 Å². The number of benzene rings is 2. The highest BCUT2D eigenvalue weighted by molar-refractivity contribution is 7.22. The topological polar surface area (TPSA) is 84.2 Å². The Morgan fingerprint density at radius 2 is 2.00 bits per heavy atom. The Hall–Kier alpha value is -3.19. The third kappa shape index (κ3) is 2.97. The number of carbonyl (C=O) groups excluding carboxylic acids is 1. The van der Waals surface area contributed by atoms with Gasteiger partial charge in [0.25, 0.3) is 0 Å². The molecule has 0 aliphatic rings. The van der Waals surface area contributed by atoms with Crippen LogP contribution in [0.15, 0.2) is 57.7 Å². The fourth-order valence-corrected chi connectivity index (χ4v) is 3.39. The summed E-state index contributed by atoms with van der Waals surface area (Å²) in [5, 5.41) is 0.991. The minimum atomic E-state index is -0.543. The van der Waals surface area contributed by atoms with Gasteiger partial charge in [-0.2, -0.15) is 0 Å². The summed E-state index contributed by atoms with van der Waals surface area (Å²) < 4.78 is 6.52. The number of anilines is 1. The van der Waals surface area contributed by atoms with Crippen molar-refractivity contribution in [3.8, 4) is 0 Å². The molecule has 0 aliphatic carbocycles. The van der Waals surface area contributed by atoms with E-state index in [9.17, 15) is 9.59 Å². The van der Waals surface area contributed by atoms with Gasteiger partial charge in [-0.05, 0) is 36.8 Å². The summed E-state index contributed by atoms with van der Waals surface area (Å²) in [6.45, 7) is 2.01. The Morgan fingerprint density at radius 1 is 1.16 bits per heavy atom. The zero-order valence-corrected chi connectivity index (χ0v) is 14.0. The second-order valence-corrected chi connectivity index (χ2v) is 6.57. The molecular weight excluding hydrogens is 338 g/mol. The van der Waals surface area contributed by atoms with E-state index in [-0.39, 0.29) is 11.2 Å². The molecule has 0 unspecified atom stereocenters. The number of hydrogen-bond donors (Lipinski definition) is 2. The number of aryl methyl sites for hydroxylation is 1. The molecule has 0 radical (unpaired) electrons. The lowest BCUT2D eigenvalue weighted by molar-refractivity contribution is 0.0936. The van der Waals surface area contributed by atoms with Crippen LogP contribution in [0.2, 0.25) is 0 Å². The van der Waals surface area contributed by atoms with Gasteiger partial charge < -0.3 is 4.42 Å². The largest absolute Gasteiger partial charge is 0.451 e. The highest BCUT2D eigenvalue weighted by Gasteiger charge is 2.13. The van der Waals surface area contributed by atoms with E-state index in [1.165, 1.54) is 17.4 Å². The summed E-state index contributed by atoms with van der Waals surface area (Å²) in [5.74, 6) is -0.605. The minimum absolute atomic E-state index is 0.0619. The summed E-state index contributed by atoms with van der Waals surface area (Å²) in [5.41, 5.74) is 7.38. The predicted molar refractivity (Wildman–Crippen MR) is 97.9 cm³/mol. The van der Waals surface area contributed by atoms with Gasteiger partial charge in [-0.3, -0.25) is 20.4 Å². The second kappa shape index (κ2) is 6.03. The number of amides is 1. The van der Waals surface area contributed by atoms with Gasteiger partial charge in [-0.15, -0.1) is 0 Å². The van der Waals surface area contributed by atoms with E-state index in [1.54, 1.807) is 24.3 Å². The first-order valence-corrected chi connectivity index (χ1v) is 8.38. The summed E-state index contributed by atoms with van der Waals surface area (Å²) in [6, 6.07) is 13.9. The van der Waals surface area contributed by atoms with Crippen molar-refractivity contribution in [3.05, 3.63) is 70.1 Å². The predicted octanol–water partition coefficient (Wildman–Crippen LogP) is 3.47. The molecule has 124 valence electrons. The highest BCUT2D eigenvalue weighted by Crippen LogP contribution is 2.26. The van der Waals surface area contributed by atoms with Crippen molar-refractivity contribution in [1.82, 2.24) is 10.4 Å². The standard InChI is InChI=1S/C18H13N3O3S/c1-10-6-7-12-16(8-10)25-18(19-12)21-20-17(23)15-9-13(22)11-4-2-3-5-14(11)24-15/h2-9H,1H3,(H,19,21)(H,20,23). The van der Waals surface area contributed by atoms with Crippen LogP contribution in [0, 0.1) is 6.92 Å². The molecule has 0 fully saturated rings. The van der Waals surface area contributed by atoms with E-state index in [0.717, 1.165) is 15.8 Å². The van der Waals surface area contributed by atoms with Crippen LogP contribution in [-0.2, 0) is 0 Å². The molecule has 6 nitrogen and oxygen atoms in total. The SMILES string of the molecule is Cc1ccc2nc(NNC(=O)c3cc(=O)c4ccccc4o3)sc2c1. The Balaban J connectivity index is 1.56. The monoisotopic (exact) mass is 351 g/mol. The van der Waals surface area contributed by atoms with Crippen molar-refractivity contribution >= 4 is 43.6 Å². The first kappa shape index (κ1) is 15.3. The third-order valence-corrected chi connectivity index (χ3v) is 4.62. The van der Waals surface area contributed by atoms with Gasteiger partial charge >= 0.3 is 5.91 Å². The molecule has 0 bridgehead atoms. The Labute approximate surface area is 146 Å². The number of para-hydroxylation sites is 1. The average Bonchev–Trinajstić information content (AvgIpc) is 3.01. The van der Waals surface area contributed by atoms with Crippen LogP contribution >= 0.6 is 11.3 Å². The molecule has 4 aromatic rings. The number of nitrogens with one attached hydrogen (secondary N) is 2. The first-order valence-electron chi connectivity index (χ1n) is 7.56. The van der Waals surface area contributed by atoms with Crippen LogP contribution in [0.1, 0.15) is 16.1 Å². The Morgan fingerprint density at radius 3 is 2.88 bits per heavy atom. The van der Waals surface area contributed by atoms with Crippen molar-refractivity contribution in [2.24, 2.45) is 0 Å². The lowest BCUT2D eigenvalue weighted by Gasteiger charge is -2.05. The lowest BCUT2D eigenvalue weighted by Crippen LogP contribution is -2.29. The zero-order valence-electron chi connectivity index (χ0n) is 13.2. The second-order valence-electron chi connectivity index (χ2n) is 5.54. The van der Waals surface area contributed by atoms with E-state index in [1.807, 2.05) is 25.1 Å². The first-order chi connectivity index (χ1) is 12.1. The number of carbonyl (C=O) groups is 1. The molecule has 2 heterocycles. The van der Waals surface area contributed by atoms with Gasteiger partial charge in [-0.25, -0.2) is 4.98 Å². The molecule has 25 heavy (non-hydrogen) atoms. The van der Waals surface area contributed by atoms with Crippen LogP contribution in [0.5, 0.6) is 0 Å². The molecule has 0 atom stereocenters. The number of nitrogens with zero attached hydrogens (tertiary/aromatic N) is 1.